The smallest absolute Gasteiger partial charge is 0.407 e. The van der Waals surface area contributed by atoms with Crippen molar-refractivity contribution in [2.45, 2.75) is 37.3 Å². The molecular formula is C21H31Cl2N5O5S. The molecule has 3 unspecified atom stereocenters. The van der Waals surface area contributed by atoms with Crippen LogP contribution < -0.4 is 10.7 Å². The fraction of sp³-hybridized carbons (Fsp3) is 0.619. The van der Waals surface area contributed by atoms with Crippen LogP contribution in [-0.4, -0.2) is 97.4 Å². The first-order chi connectivity index (χ1) is 15.9. The van der Waals surface area contributed by atoms with Crippen molar-refractivity contribution in [3.63, 3.8) is 0 Å². The number of rotatable bonds is 8. The van der Waals surface area contributed by atoms with Crippen LogP contribution >= 0.6 is 23.2 Å². The minimum Gasteiger partial charge on any atom is -0.465 e. The molecule has 2 heterocycles. The Morgan fingerprint density at radius 2 is 2.06 bits per heavy atom. The zero-order chi connectivity index (χ0) is 25.3. The molecule has 34 heavy (non-hydrogen) atoms. The summed E-state index contributed by atoms with van der Waals surface area (Å²) >= 11 is 9.99. The Kier molecular flexibility index (Phi) is 8.63. The highest BCUT2D eigenvalue weighted by Gasteiger charge is 2.61. The van der Waals surface area contributed by atoms with Crippen LogP contribution in [0, 0.1) is 0 Å². The lowest BCUT2D eigenvalue weighted by atomic mass is 9.71. The van der Waals surface area contributed by atoms with Crippen molar-refractivity contribution in [2.24, 2.45) is 0 Å². The van der Waals surface area contributed by atoms with E-state index in [0.29, 0.717) is 29.7 Å². The molecule has 3 rings (SSSR count). The molecule has 0 bridgehead atoms. The first-order valence-electron chi connectivity index (χ1n) is 10.9. The summed E-state index contributed by atoms with van der Waals surface area (Å²) in [7, 11) is 1.39. The maximum absolute atomic E-state index is 13.5. The number of halogens is 2. The number of nitrogens with zero attached hydrogens (tertiary/aromatic N) is 3. The summed E-state index contributed by atoms with van der Waals surface area (Å²) in [5, 5.41) is 14.2. The van der Waals surface area contributed by atoms with E-state index in [1.54, 1.807) is 13.0 Å². The molecule has 4 N–H and O–H groups in total. The minimum absolute atomic E-state index is 0.0524. The van der Waals surface area contributed by atoms with Crippen molar-refractivity contribution in [1.82, 2.24) is 25.0 Å². The fourth-order valence-electron chi connectivity index (χ4n) is 5.34. The van der Waals surface area contributed by atoms with Crippen LogP contribution in [0.4, 0.5) is 4.79 Å². The Morgan fingerprint density at radius 3 is 2.65 bits per heavy atom. The van der Waals surface area contributed by atoms with Gasteiger partial charge in [0.25, 0.3) is 0 Å². The molecule has 2 aliphatic heterocycles. The number of likely N-dealkylation sites (tertiary alicyclic amines) is 1. The SMILES string of the molecule is CC(=O)C(CNN(C)S(=O)O)(N1CCC(c2ccc(Cl)c(Cl)c2)C1)[C@@]1(C)CNCCN1C(=O)O. The molecule has 4 atom stereocenters. The van der Waals surface area contributed by atoms with Gasteiger partial charge in [-0.25, -0.2) is 14.4 Å². The molecule has 0 spiro atoms. The minimum atomic E-state index is -2.32. The molecule has 2 fully saturated rings. The number of carbonyl (C=O) groups is 2. The van der Waals surface area contributed by atoms with Gasteiger partial charge in [-0.1, -0.05) is 29.3 Å². The number of carboxylic acid groups (broad SMARTS) is 1. The lowest BCUT2D eigenvalue weighted by Gasteiger charge is -2.58. The zero-order valence-corrected chi connectivity index (χ0v) is 21.7. The topological polar surface area (TPSA) is 125 Å². The van der Waals surface area contributed by atoms with Crippen molar-refractivity contribution in [1.29, 1.82) is 0 Å². The third-order valence-corrected chi connectivity index (χ3v) is 8.55. The second-order valence-electron chi connectivity index (χ2n) is 8.97. The van der Waals surface area contributed by atoms with Gasteiger partial charge in [0.2, 0.25) is 11.3 Å². The van der Waals surface area contributed by atoms with Gasteiger partial charge in [0.15, 0.2) is 5.78 Å². The molecule has 13 heteroatoms. The van der Waals surface area contributed by atoms with Crippen LogP contribution in [0.2, 0.25) is 10.0 Å². The summed E-state index contributed by atoms with van der Waals surface area (Å²) in [4.78, 5) is 29.1. The van der Waals surface area contributed by atoms with E-state index in [2.05, 4.69) is 10.7 Å². The van der Waals surface area contributed by atoms with Crippen molar-refractivity contribution in [3.8, 4) is 0 Å². The number of hydrogen-bond donors (Lipinski definition) is 4. The molecule has 0 radical (unpaired) electrons. The lowest BCUT2D eigenvalue weighted by molar-refractivity contribution is -0.141. The molecule has 190 valence electrons. The molecule has 2 saturated heterocycles. The van der Waals surface area contributed by atoms with E-state index in [-0.39, 0.29) is 31.3 Å². The quantitative estimate of drug-likeness (QED) is 0.294. The maximum Gasteiger partial charge on any atom is 0.407 e. The van der Waals surface area contributed by atoms with E-state index in [9.17, 15) is 23.5 Å². The van der Waals surface area contributed by atoms with Crippen molar-refractivity contribution in [3.05, 3.63) is 33.8 Å². The van der Waals surface area contributed by atoms with E-state index in [0.717, 1.165) is 16.4 Å². The van der Waals surface area contributed by atoms with Crippen molar-refractivity contribution in [2.75, 3.05) is 46.3 Å². The first kappa shape index (κ1) is 27.3. The predicted molar refractivity (Wildman–Crippen MR) is 131 cm³/mol. The van der Waals surface area contributed by atoms with Gasteiger partial charge in [0.05, 0.1) is 15.6 Å². The summed E-state index contributed by atoms with van der Waals surface area (Å²) in [5.74, 6) is -0.180. The van der Waals surface area contributed by atoms with Crippen LogP contribution in [0.3, 0.4) is 0 Å². The number of nitrogens with one attached hydrogen (secondary N) is 2. The van der Waals surface area contributed by atoms with Gasteiger partial charge >= 0.3 is 6.09 Å². The number of hydrogen-bond acceptors (Lipinski definition) is 6. The standard InChI is InChI=1S/C21H31Cl2N5O5S/c1-14(29)21(13-25-26(3)34(32)33,20(2)12-24-7-9-28(20)19(30)31)27-8-6-16(11-27)15-4-5-17(22)18(23)10-15/h4-5,10,16,24-25H,6-9,11-13H2,1-3H3,(H,30,31)(H,32,33)/t16?,20-,21?/m1/s1. The van der Waals surface area contributed by atoms with Gasteiger partial charge in [-0.05, 0) is 50.4 Å². The van der Waals surface area contributed by atoms with Crippen molar-refractivity contribution >= 4 is 46.3 Å². The average Bonchev–Trinajstić information content (AvgIpc) is 3.26. The van der Waals surface area contributed by atoms with E-state index in [1.807, 2.05) is 17.0 Å². The summed E-state index contributed by atoms with van der Waals surface area (Å²) in [5.41, 5.74) is 1.38. The average molecular weight is 536 g/mol. The van der Waals surface area contributed by atoms with E-state index in [4.69, 9.17) is 23.2 Å². The maximum atomic E-state index is 13.5. The molecule has 0 aliphatic carbocycles. The monoisotopic (exact) mass is 535 g/mol. The third kappa shape index (κ3) is 4.98. The predicted octanol–water partition coefficient (Wildman–Crippen LogP) is 2.03. The number of Topliss-reactive ketones (excluding diaryl/α,β-unsaturated/α-hetero) is 1. The highest BCUT2D eigenvalue weighted by atomic mass is 35.5. The second kappa shape index (κ2) is 10.8. The summed E-state index contributed by atoms with van der Waals surface area (Å²) in [6, 6.07) is 5.47. The summed E-state index contributed by atoms with van der Waals surface area (Å²) in [6.07, 6.45) is -0.389. The molecule has 10 nitrogen and oxygen atoms in total. The zero-order valence-electron chi connectivity index (χ0n) is 19.4. The number of benzene rings is 1. The van der Waals surface area contributed by atoms with Gasteiger partial charge in [-0.3, -0.25) is 19.1 Å². The fourth-order valence-corrected chi connectivity index (χ4v) is 5.82. The first-order valence-corrected chi connectivity index (χ1v) is 12.8. The van der Waals surface area contributed by atoms with Crippen LogP contribution in [0.15, 0.2) is 18.2 Å². The number of hydrazine groups is 1. The Labute approximate surface area is 211 Å². The van der Waals surface area contributed by atoms with Gasteiger partial charge in [-0.2, -0.15) is 0 Å². The van der Waals surface area contributed by atoms with E-state index >= 15 is 0 Å². The molecular weight excluding hydrogens is 505 g/mol. The van der Waals surface area contributed by atoms with Crippen LogP contribution in [0.5, 0.6) is 0 Å². The second-order valence-corrected chi connectivity index (χ2v) is 10.8. The Balaban J connectivity index is 2.04. The lowest BCUT2D eigenvalue weighted by Crippen LogP contribution is -2.81. The number of amides is 1. The molecule has 2 aliphatic rings. The van der Waals surface area contributed by atoms with Crippen LogP contribution in [0.1, 0.15) is 31.7 Å². The highest BCUT2D eigenvalue weighted by Crippen LogP contribution is 2.41. The van der Waals surface area contributed by atoms with Crippen molar-refractivity contribution < 1.29 is 23.5 Å². The van der Waals surface area contributed by atoms with Gasteiger partial charge in [0.1, 0.15) is 5.54 Å². The van der Waals surface area contributed by atoms with E-state index in [1.165, 1.54) is 18.9 Å². The normalized spacial score (nSPS) is 26.4. The molecule has 1 aromatic rings. The molecule has 0 saturated carbocycles. The van der Waals surface area contributed by atoms with E-state index < -0.39 is 28.4 Å². The molecule has 1 amide bonds. The highest BCUT2D eigenvalue weighted by molar-refractivity contribution is 7.76. The number of carbonyl (C=O) groups excluding carboxylic acids is 1. The molecule has 0 aromatic heterocycles. The Bertz CT molecular complexity index is 971. The third-order valence-electron chi connectivity index (χ3n) is 7.22. The Morgan fingerprint density at radius 1 is 1.35 bits per heavy atom. The summed E-state index contributed by atoms with van der Waals surface area (Å²) in [6.45, 7) is 5.10. The van der Waals surface area contributed by atoms with Crippen LogP contribution in [0.25, 0.3) is 0 Å². The van der Waals surface area contributed by atoms with Gasteiger partial charge < -0.3 is 10.4 Å². The van der Waals surface area contributed by atoms with Gasteiger partial charge in [-0.15, -0.1) is 4.41 Å². The summed E-state index contributed by atoms with van der Waals surface area (Å²) < 4.78 is 22.0. The number of ketones is 1. The molecule has 1 aromatic carbocycles. The van der Waals surface area contributed by atoms with Crippen LogP contribution in [-0.2, 0) is 16.1 Å². The largest absolute Gasteiger partial charge is 0.465 e. The van der Waals surface area contributed by atoms with Gasteiger partial charge in [0, 0.05) is 39.8 Å². The Hall–Kier alpha value is -1.31. The number of piperazine rings is 1.